The van der Waals surface area contributed by atoms with Gasteiger partial charge in [-0.05, 0) is 25.0 Å². The second-order valence-corrected chi connectivity index (χ2v) is 4.81. The van der Waals surface area contributed by atoms with Gasteiger partial charge in [-0.15, -0.1) is 0 Å². The van der Waals surface area contributed by atoms with E-state index < -0.39 is 5.82 Å². The minimum absolute atomic E-state index is 0.0489. The molecule has 0 amide bonds. The quantitative estimate of drug-likeness (QED) is 0.831. The molecule has 0 spiro atoms. The summed E-state index contributed by atoms with van der Waals surface area (Å²) >= 11 is 5.81. The number of Topliss-reactive ketones (excluding diaryl/α,β-unsaturated/α-hetero) is 1. The van der Waals surface area contributed by atoms with Crippen LogP contribution >= 0.6 is 11.6 Å². The van der Waals surface area contributed by atoms with Crippen LogP contribution in [-0.4, -0.2) is 18.5 Å². The smallest absolute Gasteiger partial charge is 0.142 e. The first-order chi connectivity index (χ1) is 8.08. The summed E-state index contributed by atoms with van der Waals surface area (Å²) in [6.07, 6.45) is 1.05. The number of halogens is 2. The molecular formula is C13H14ClFO2. The van der Waals surface area contributed by atoms with Gasteiger partial charge in [-0.25, -0.2) is 4.39 Å². The fourth-order valence-corrected chi connectivity index (χ4v) is 2.25. The maximum Gasteiger partial charge on any atom is 0.142 e. The van der Waals surface area contributed by atoms with Crippen molar-refractivity contribution in [1.82, 2.24) is 0 Å². The molecule has 1 heterocycles. The van der Waals surface area contributed by atoms with Crippen LogP contribution in [0.5, 0.6) is 0 Å². The van der Waals surface area contributed by atoms with Crippen molar-refractivity contribution in [2.75, 3.05) is 6.61 Å². The zero-order chi connectivity index (χ0) is 12.4. The first-order valence-corrected chi connectivity index (χ1v) is 6.03. The molecule has 0 N–H and O–H groups in total. The van der Waals surface area contributed by atoms with Gasteiger partial charge in [0.1, 0.15) is 11.6 Å². The predicted octanol–water partition coefficient (Wildman–Crippen LogP) is 3.02. The fraction of sp³-hybridized carbons (Fsp3) is 0.462. The highest BCUT2D eigenvalue weighted by atomic mass is 35.5. The van der Waals surface area contributed by atoms with Gasteiger partial charge in [0, 0.05) is 12.3 Å². The fourth-order valence-electron chi connectivity index (χ4n) is 2.06. The van der Waals surface area contributed by atoms with E-state index in [0.29, 0.717) is 12.2 Å². The van der Waals surface area contributed by atoms with Crippen molar-refractivity contribution < 1.29 is 13.9 Å². The molecule has 1 aromatic rings. The minimum Gasteiger partial charge on any atom is -0.378 e. The zero-order valence-corrected chi connectivity index (χ0v) is 10.3. The first-order valence-electron chi connectivity index (χ1n) is 5.65. The van der Waals surface area contributed by atoms with Crippen molar-refractivity contribution >= 4 is 17.4 Å². The van der Waals surface area contributed by atoms with Crippen LogP contribution in [0.15, 0.2) is 18.2 Å². The number of ketones is 1. The van der Waals surface area contributed by atoms with Gasteiger partial charge in [0.05, 0.1) is 17.7 Å². The van der Waals surface area contributed by atoms with Crippen LogP contribution in [0.3, 0.4) is 0 Å². The molecule has 4 heteroatoms. The van der Waals surface area contributed by atoms with Crippen molar-refractivity contribution in [3.05, 3.63) is 34.6 Å². The average molecular weight is 257 g/mol. The van der Waals surface area contributed by atoms with Crippen molar-refractivity contribution in [3.63, 3.8) is 0 Å². The van der Waals surface area contributed by atoms with Crippen LogP contribution in [0.2, 0.25) is 5.02 Å². The summed E-state index contributed by atoms with van der Waals surface area (Å²) in [5, 5.41) is 0.0489. The minimum atomic E-state index is -0.479. The average Bonchev–Trinajstić information content (AvgIpc) is 2.72. The van der Waals surface area contributed by atoms with E-state index in [1.807, 2.05) is 6.92 Å². The number of hydrogen-bond acceptors (Lipinski definition) is 2. The lowest BCUT2D eigenvalue weighted by molar-refractivity contribution is -0.122. The van der Waals surface area contributed by atoms with E-state index in [4.69, 9.17) is 16.3 Å². The largest absolute Gasteiger partial charge is 0.378 e. The second kappa shape index (κ2) is 5.15. The Bertz CT molecular complexity index is 433. The van der Waals surface area contributed by atoms with Crippen molar-refractivity contribution in [3.8, 4) is 0 Å². The van der Waals surface area contributed by atoms with E-state index in [2.05, 4.69) is 0 Å². The van der Waals surface area contributed by atoms with Crippen LogP contribution < -0.4 is 0 Å². The van der Waals surface area contributed by atoms with Crippen LogP contribution in [0.4, 0.5) is 4.39 Å². The Labute approximate surface area is 105 Å². The molecule has 1 aromatic carbocycles. The standard InChI is InChI=1S/C13H14ClFO2/c1-8-5-10(7-17-8)12(16)6-9-3-2-4-11(15)13(9)14/h2-4,8,10H,5-7H2,1H3. The Morgan fingerprint density at radius 1 is 1.59 bits per heavy atom. The molecule has 2 unspecified atom stereocenters. The third-order valence-corrected chi connectivity index (χ3v) is 3.47. The Balaban J connectivity index is 2.06. The van der Waals surface area contributed by atoms with Gasteiger partial charge in [-0.2, -0.15) is 0 Å². The van der Waals surface area contributed by atoms with E-state index in [9.17, 15) is 9.18 Å². The van der Waals surface area contributed by atoms with E-state index in [0.717, 1.165) is 6.42 Å². The Morgan fingerprint density at radius 3 is 3.00 bits per heavy atom. The van der Waals surface area contributed by atoms with Gasteiger partial charge in [0.25, 0.3) is 0 Å². The molecule has 1 aliphatic rings. The Kier molecular flexibility index (Phi) is 3.79. The van der Waals surface area contributed by atoms with Crippen LogP contribution in [0, 0.1) is 11.7 Å². The van der Waals surface area contributed by atoms with E-state index >= 15 is 0 Å². The second-order valence-electron chi connectivity index (χ2n) is 4.43. The third kappa shape index (κ3) is 2.85. The van der Waals surface area contributed by atoms with Crippen molar-refractivity contribution in [1.29, 1.82) is 0 Å². The highest BCUT2D eigenvalue weighted by Gasteiger charge is 2.28. The summed E-state index contributed by atoms with van der Waals surface area (Å²) in [5.41, 5.74) is 0.552. The van der Waals surface area contributed by atoms with Gasteiger partial charge in [0.15, 0.2) is 0 Å². The van der Waals surface area contributed by atoms with E-state index in [1.165, 1.54) is 6.07 Å². The van der Waals surface area contributed by atoms with Gasteiger partial charge in [0.2, 0.25) is 0 Å². The molecular weight excluding hydrogens is 243 g/mol. The van der Waals surface area contributed by atoms with E-state index in [-0.39, 0.29) is 29.2 Å². The molecule has 2 atom stereocenters. The molecule has 0 aromatic heterocycles. The number of benzene rings is 1. The van der Waals surface area contributed by atoms with Crippen LogP contribution in [0.1, 0.15) is 18.9 Å². The van der Waals surface area contributed by atoms with Crippen molar-refractivity contribution in [2.24, 2.45) is 5.92 Å². The normalized spacial score (nSPS) is 23.9. The summed E-state index contributed by atoms with van der Waals surface area (Å²) in [5.74, 6) is -0.487. The molecule has 1 fully saturated rings. The third-order valence-electron chi connectivity index (χ3n) is 3.05. The summed E-state index contributed by atoms with van der Waals surface area (Å²) in [4.78, 5) is 12.0. The summed E-state index contributed by atoms with van der Waals surface area (Å²) in [6.45, 7) is 2.41. The highest BCUT2D eigenvalue weighted by molar-refractivity contribution is 6.31. The monoisotopic (exact) mass is 256 g/mol. The number of carbonyl (C=O) groups is 1. The number of ether oxygens (including phenoxy) is 1. The molecule has 17 heavy (non-hydrogen) atoms. The molecule has 0 radical (unpaired) electrons. The zero-order valence-electron chi connectivity index (χ0n) is 9.58. The molecule has 2 rings (SSSR count). The topological polar surface area (TPSA) is 26.3 Å². The summed E-state index contributed by atoms with van der Waals surface area (Å²) in [7, 11) is 0. The predicted molar refractivity (Wildman–Crippen MR) is 63.6 cm³/mol. The maximum atomic E-state index is 13.2. The number of rotatable bonds is 3. The first kappa shape index (κ1) is 12.5. The van der Waals surface area contributed by atoms with Gasteiger partial charge in [-0.3, -0.25) is 4.79 Å². The van der Waals surface area contributed by atoms with Crippen LogP contribution in [-0.2, 0) is 16.0 Å². The SMILES string of the molecule is CC1CC(C(=O)Cc2cccc(F)c2Cl)CO1. The molecule has 0 saturated carbocycles. The summed E-state index contributed by atoms with van der Waals surface area (Å²) in [6, 6.07) is 4.54. The summed E-state index contributed by atoms with van der Waals surface area (Å²) < 4.78 is 18.6. The lowest BCUT2D eigenvalue weighted by Crippen LogP contribution is -2.17. The van der Waals surface area contributed by atoms with Gasteiger partial charge >= 0.3 is 0 Å². The lowest BCUT2D eigenvalue weighted by atomic mass is 9.96. The molecule has 2 nitrogen and oxygen atoms in total. The molecule has 1 saturated heterocycles. The Morgan fingerprint density at radius 2 is 2.35 bits per heavy atom. The highest BCUT2D eigenvalue weighted by Crippen LogP contribution is 2.25. The van der Waals surface area contributed by atoms with Crippen molar-refractivity contribution in [2.45, 2.75) is 25.9 Å². The lowest BCUT2D eigenvalue weighted by Gasteiger charge is -2.08. The van der Waals surface area contributed by atoms with E-state index in [1.54, 1.807) is 12.1 Å². The van der Waals surface area contributed by atoms with Gasteiger partial charge < -0.3 is 4.74 Å². The maximum absolute atomic E-state index is 13.2. The van der Waals surface area contributed by atoms with Crippen LogP contribution in [0.25, 0.3) is 0 Å². The molecule has 1 aliphatic heterocycles. The molecule has 92 valence electrons. The number of carbonyl (C=O) groups excluding carboxylic acids is 1. The van der Waals surface area contributed by atoms with Gasteiger partial charge in [-0.1, -0.05) is 23.7 Å². The number of hydrogen-bond donors (Lipinski definition) is 0. The molecule has 0 bridgehead atoms. The Hall–Kier alpha value is -0.930. The molecule has 0 aliphatic carbocycles.